The Bertz CT molecular complexity index is 972. The Morgan fingerprint density at radius 2 is 1.92 bits per heavy atom. The first-order chi connectivity index (χ1) is 10.9. The molecule has 3 rings (SSSR count). The standard InChI is InChI=1S/C17H18N2O4.ClH/c1-9-7-14(21)23-17-11(9)5-6-12-15(17)16(10(2)22-12)18-13(20)8-19(3)4;/h5-7H,8H2,1-4H3,(H,18,20);1H. The number of benzene rings is 1. The highest BCUT2D eigenvalue weighted by Gasteiger charge is 2.19. The van der Waals surface area contributed by atoms with Gasteiger partial charge in [0.1, 0.15) is 11.3 Å². The van der Waals surface area contributed by atoms with E-state index in [1.54, 1.807) is 11.8 Å². The second-order valence-corrected chi connectivity index (χ2v) is 5.88. The Hall–Kier alpha value is -2.31. The molecule has 1 N–H and O–H groups in total. The topological polar surface area (TPSA) is 75.7 Å². The molecule has 0 radical (unpaired) electrons. The maximum Gasteiger partial charge on any atom is 0.336 e. The molecule has 24 heavy (non-hydrogen) atoms. The molecule has 0 atom stereocenters. The number of anilines is 1. The van der Waals surface area contributed by atoms with Gasteiger partial charge in [0.05, 0.1) is 17.6 Å². The summed E-state index contributed by atoms with van der Waals surface area (Å²) in [6.07, 6.45) is 0. The predicted molar refractivity (Wildman–Crippen MR) is 96.2 cm³/mol. The van der Waals surface area contributed by atoms with Crippen LogP contribution in [0.2, 0.25) is 0 Å². The molecular formula is C17H19ClN2O4. The molecule has 3 aromatic rings. The van der Waals surface area contributed by atoms with E-state index in [4.69, 9.17) is 8.83 Å². The average Bonchev–Trinajstić information content (AvgIpc) is 2.74. The Balaban J connectivity index is 0.00000208. The Kier molecular flexibility index (Phi) is 5.01. The van der Waals surface area contributed by atoms with Crippen LogP contribution in [-0.2, 0) is 4.79 Å². The number of carbonyl (C=O) groups excluding carboxylic acids is 1. The van der Waals surface area contributed by atoms with E-state index < -0.39 is 5.63 Å². The molecule has 0 aliphatic carbocycles. The molecular weight excluding hydrogens is 332 g/mol. The van der Waals surface area contributed by atoms with Gasteiger partial charge in [-0.05, 0) is 45.6 Å². The lowest BCUT2D eigenvalue weighted by molar-refractivity contribution is -0.116. The van der Waals surface area contributed by atoms with Crippen molar-refractivity contribution in [2.45, 2.75) is 13.8 Å². The van der Waals surface area contributed by atoms with Crippen molar-refractivity contribution in [3.63, 3.8) is 0 Å². The number of furan rings is 1. The molecule has 1 amide bonds. The van der Waals surface area contributed by atoms with Gasteiger partial charge in [-0.3, -0.25) is 4.79 Å². The van der Waals surface area contributed by atoms with Gasteiger partial charge >= 0.3 is 5.63 Å². The van der Waals surface area contributed by atoms with Crippen LogP contribution in [0.4, 0.5) is 5.69 Å². The molecule has 0 saturated carbocycles. The van der Waals surface area contributed by atoms with Crippen molar-refractivity contribution in [1.82, 2.24) is 4.90 Å². The van der Waals surface area contributed by atoms with Crippen molar-refractivity contribution < 1.29 is 13.6 Å². The quantitative estimate of drug-likeness (QED) is 0.735. The molecule has 0 aliphatic heterocycles. The van der Waals surface area contributed by atoms with Crippen LogP contribution < -0.4 is 10.9 Å². The van der Waals surface area contributed by atoms with Gasteiger partial charge in [0, 0.05) is 11.5 Å². The number of amides is 1. The number of halogens is 1. The summed E-state index contributed by atoms with van der Waals surface area (Å²) in [5, 5.41) is 4.30. The lowest BCUT2D eigenvalue weighted by Gasteiger charge is -2.10. The second kappa shape index (κ2) is 6.67. The van der Waals surface area contributed by atoms with Gasteiger partial charge in [0.2, 0.25) is 5.91 Å². The summed E-state index contributed by atoms with van der Waals surface area (Å²) >= 11 is 0. The van der Waals surface area contributed by atoms with E-state index in [0.717, 1.165) is 10.9 Å². The number of carbonyl (C=O) groups is 1. The van der Waals surface area contributed by atoms with Gasteiger partial charge < -0.3 is 19.1 Å². The largest absolute Gasteiger partial charge is 0.459 e. The molecule has 0 bridgehead atoms. The second-order valence-electron chi connectivity index (χ2n) is 5.88. The van der Waals surface area contributed by atoms with Crippen LogP contribution in [0.5, 0.6) is 0 Å². The predicted octanol–water partition coefficient (Wildman–Crippen LogP) is 3.08. The van der Waals surface area contributed by atoms with Crippen molar-refractivity contribution in [2.75, 3.05) is 26.0 Å². The molecule has 0 spiro atoms. The van der Waals surface area contributed by atoms with E-state index in [-0.39, 0.29) is 24.9 Å². The first kappa shape index (κ1) is 18.0. The fourth-order valence-electron chi connectivity index (χ4n) is 2.70. The van der Waals surface area contributed by atoms with E-state index in [0.29, 0.717) is 28.0 Å². The molecule has 0 aliphatic rings. The van der Waals surface area contributed by atoms with Crippen molar-refractivity contribution in [2.24, 2.45) is 0 Å². The maximum atomic E-state index is 12.1. The van der Waals surface area contributed by atoms with E-state index in [2.05, 4.69) is 5.32 Å². The van der Waals surface area contributed by atoms with Crippen LogP contribution in [-0.4, -0.2) is 31.4 Å². The van der Waals surface area contributed by atoms with Crippen molar-refractivity contribution >= 4 is 45.9 Å². The molecule has 6 nitrogen and oxygen atoms in total. The Morgan fingerprint density at radius 1 is 1.21 bits per heavy atom. The Morgan fingerprint density at radius 3 is 2.58 bits per heavy atom. The number of aryl methyl sites for hydroxylation is 2. The molecule has 0 fully saturated rings. The van der Waals surface area contributed by atoms with Gasteiger partial charge in [0.25, 0.3) is 0 Å². The van der Waals surface area contributed by atoms with Gasteiger partial charge in [-0.2, -0.15) is 0 Å². The lowest BCUT2D eigenvalue weighted by atomic mass is 10.1. The lowest BCUT2D eigenvalue weighted by Crippen LogP contribution is -2.27. The van der Waals surface area contributed by atoms with E-state index >= 15 is 0 Å². The zero-order valence-electron chi connectivity index (χ0n) is 13.9. The fourth-order valence-corrected chi connectivity index (χ4v) is 2.70. The molecule has 2 heterocycles. The maximum absolute atomic E-state index is 12.1. The zero-order chi connectivity index (χ0) is 16.7. The summed E-state index contributed by atoms with van der Waals surface area (Å²) in [4.78, 5) is 25.6. The van der Waals surface area contributed by atoms with Crippen LogP contribution in [0.15, 0.2) is 31.8 Å². The molecule has 1 aromatic carbocycles. The molecule has 0 saturated heterocycles. The van der Waals surface area contributed by atoms with Gasteiger partial charge in [0.15, 0.2) is 5.58 Å². The molecule has 7 heteroatoms. The van der Waals surface area contributed by atoms with Crippen LogP contribution in [0.3, 0.4) is 0 Å². The van der Waals surface area contributed by atoms with Crippen molar-refractivity contribution in [1.29, 1.82) is 0 Å². The zero-order valence-corrected chi connectivity index (χ0v) is 14.7. The SMILES string of the molecule is Cc1oc2ccc3c(C)cc(=O)oc3c2c1NC(=O)CN(C)C.Cl. The minimum absolute atomic E-state index is 0. The summed E-state index contributed by atoms with van der Waals surface area (Å²) in [6, 6.07) is 5.12. The number of fused-ring (bicyclic) bond motifs is 3. The highest BCUT2D eigenvalue weighted by atomic mass is 35.5. The van der Waals surface area contributed by atoms with Gasteiger partial charge in [-0.25, -0.2) is 4.79 Å². The molecule has 128 valence electrons. The number of nitrogens with zero attached hydrogens (tertiary/aromatic N) is 1. The smallest absolute Gasteiger partial charge is 0.336 e. The third-order valence-corrected chi connectivity index (χ3v) is 3.67. The van der Waals surface area contributed by atoms with Gasteiger partial charge in [-0.15, -0.1) is 12.4 Å². The summed E-state index contributed by atoms with van der Waals surface area (Å²) in [5.41, 5.74) is 1.95. The van der Waals surface area contributed by atoms with Crippen LogP contribution in [0, 0.1) is 13.8 Å². The molecule has 0 unspecified atom stereocenters. The first-order valence-corrected chi connectivity index (χ1v) is 7.28. The normalized spacial score (nSPS) is 11.0. The summed E-state index contributed by atoms with van der Waals surface area (Å²) in [7, 11) is 3.63. The van der Waals surface area contributed by atoms with Crippen molar-refractivity contribution in [3.05, 3.63) is 39.9 Å². The summed E-state index contributed by atoms with van der Waals surface area (Å²) < 4.78 is 11.1. The third kappa shape index (κ3) is 3.16. The van der Waals surface area contributed by atoms with Gasteiger partial charge in [-0.1, -0.05) is 0 Å². The van der Waals surface area contributed by atoms with Crippen LogP contribution in [0.25, 0.3) is 21.9 Å². The highest BCUT2D eigenvalue weighted by molar-refractivity contribution is 6.13. The third-order valence-electron chi connectivity index (χ3n) is 3.67. The number of likely N-dealkylation sites (N-methyl/N-ethyl adjacent to an activating group) is 1. The highest BCUT2D eigenvalue weighted by Crippen LogP contribution is 2.36. The minimum atomic E-state index is -0.424. The number of hydrogen-bond donors (Lipinski definition) is 1. The summed E-state index contributed by atoms with van der Waals surface area (Å²) in [5.74, 6) is 0.413. The molecule has 2 aromatic heterocycles. The van der Waals surface area contributed by atoms with E-state index in [9.17, 15) is 9.59 Å². The van der Waals surface area contributed by atoms with Crippen LogP contribution >= 0.6 is 12.4 Å². The number of rotatable bonds is 3. The van der Waals surface area contributed by atoms with Crippen LogP contribution in [0.1, 0.15) is 11.3 Å². The average molecular weight is 351 g/mol. The monoisotopic (exact) mass is 350 g/mol. The van der Waals surface area contributed by atoms with E-state index in [1.807, 2.05) is 33.2 Å². The number of hydrogen-bond acceptors (Lipinski definition) is 5. The number of nitrogens with one attached hydrogen (secondary N) is 1. The minimum Gasteiger partial charge on any atom is -0.459 e. The first-order valence-electron chi connectivity index (χ1n) is 7.28. The van der Waals surface area contributed by atoms with Crippen molar-refractivity contribution in [3.8, 4) is 0 Å². The van der Waals surface area contributed by atoms with E-state index in [1.165, 1.54) is 6.07 Å². The summed E-state index contributed by atoms with van der Waals surface area (Å²) in [6.45, 7) is 3.87. The Labute approximate surface area is 144 Å². The fraction of sp³-hybridized carbons (Fsp3) is 0.294.